The number of nitrogens with one attached hydrogen (secondary N) is 8. The molecule has 12 atom stereocenters. The Morgan fingerprint density at radius 2 is 1.00 bits per heavy atom. The highest BCUT2D eigenvalue weighted by molar-refractivity contribution is 5.99. The summed E-state index contributed by atoms with van der Waals surface area (Å²) in [7, 11) is 0. The second-order valence-electron chi connectivity index (χ2n) is 19.7. The van der Waals surface area contributed by atoms with Gasteiger partial charge in [-0.3, -0.25) is 52.7 Å². The molecule has 0 radical (unpaired) electrons. The molecule has 0 aliphatic carbocycles. The topological polar surface area (TPSA) is 478 Å². The summed E-state index contributed by atoms with van der Waals surface area (Å²) in [4.78, 5) is 157. The Kier molecular flexibility index (Phi) is 29.7. The van der Waals surface area contributed by atoms with Gasteiger partial charge in [0.1, 0.15) is 54.4 Å². The molecule has 29 heteroatoms. The molecule has 1 fully saturated rings. The van der Waals surface area contributed by atoms with Crippen LogP contribution in [0, 0.1) is 11.8 Å². The maximum atomic E-state index is 13.9. The van der Waals surface area contributed by atoms with Crippen LogP contribution in [0.5, 0.6) is 0 Å². The number of carboxylic acid groups (broad SMARTS) is 3. The van der Waals surface area contributed by atoms with Gasteiger partial charge in [-0.25, -0.2) is 4.79 Å². The molecule has 0 spiro atoms. The summed E-state index contributed by atoms with van der Waals surface area (Å²) in [5.41, 5.74) is 11.3. The van der Waals surface area contributed by atoms with E-state index in [9.17, 15) is 83.1 Å². The first-order chi connectivity index (χ1) is 35.4. The van der Waals surface area contributed by atoms with E-state index in [1.54, 1.807) is 27.7 Å². The minimum Gasteiger partial charge on any atom is -0.481 e. The molecule has 29 nitrogen and oxygen atoms in total. The van der Waals surface area contributed by atoms with Crippen LogP contribution in [0.2, 0.25) is 0 Å². The number of nitrogens with two attached hydrogens (primary N) is 2. The van der Waals surface area contributed by atoms with Crippen molar-refractivity contribution >= 4 is 71.1 Å². The predicted molar refractivity (Wildman–Crippen MR) is 267 cm³/mol. The molecule has 18 N–H and O–H groups in total. The lowest BCUT2D eigenvalue weighted by atomic mass is 10.0. The summed E-state index contributed by atoms with van der Waals surface area (Å²) in [6.07, 6.45) is -3.96. The van der Waals surface area contributed by atoms with Crippen LogP contribution in [0.3, 0.4) is 0 Å². The number of hydrogen-bond donors (Lipinski definition) is 16. The summed E-state index contributed by atoms with van der Waals surface area (Å²) >= 11 is 0. The number of likely N-dealkylation sites (tertiary alicyclic amines) is 1. The van der Waals surface area contributed by atoms with E-state index in [1.807, 2.05) is 0 Å². The third-order valence-corrected chi connectivity index (χ3v) is 12.0. The van der Waals surface area contributed by atoms with Gasteiger partial charge >= 0.3 is 17.9 Å². The van der Waals surface area contributed by atoms with E-state index < -0.39 is 170 Å². The maximum Gasteiger partial charge on any atom is 0.326 e. The van der Waals surface area contributed by atoms with Crippen LogP contribution in [0.15, 0.2) is 0 Å². The van der Waals surface area contributed by atoms with Crippen LogP contribution >= 0.6 is 0 Å². The maximum absolute atomic E-state index is 13.9. The van der Waals surface area contributed by atoms with Gasteiger partial charge in [0.05, 0.1) is 24.9 Å². The summed E-state index contributed by atoms with van der Waals surface area (Å²) in [5, 5.41) is 78.0. The lowest BCUT2D eigenvalue weighted by Crippen LogP contribution is -2.62. The fourth-order valence-corrected chi connectivity index (χ4v) is 7.86. The number of hydrogen-bond acceptors (Lipinski definition) is 17. The van der Waals surface area contributed by atoms with Crippen molar-refractivity contribution in [2.75, 3.05) is 19.7 Å². The normalized spacial score (nSPS) is 17.7. The largest absolute Gasteiger partial charge is 0.481 e. The Morgan fingerprint density at radius 3 is 1.50 bits per heavy atom. The van der Waals surface area contributed by atoms with E-state index in [2.05, 4.69) is 42.5 Å². The first-order valence-electron chi connectivity index (χ1n) is 25.3. The molecule has 0 aromatic heterocycles. The summed E-state index contributed by atoms with van der Waals surface area (Å²) in [6, 6.07) is -14.9. The minimum atomic E-state index is -1.77. The van der Waals surface area contributed by atoms with Crippen molar-refractivity contribution in [1.82, 2.24) is 47.4 Å². The number of carbonyl (C=O) groups is 12. The average Bonchev–Trinajstić information content (AvgIpc) is 3.83. The first kappa shape index (κ1) is 67.5. The molecule has 0 unspecified atom stereocenters. The number of rotatable bonds is 35. The first-order valence-corrected chi connectivity index (χ1v) is 25.3. The van der Waals surface area contributed by atoms with Crippen LogP contribution < -0.4 is 54.0 Å². The molecule has 1 saturated heterocycles. The fourth-order valence-electron chi connectivity index (χ4n) is 7.86. The van der Waals surface area contributed by atoms with Gasteiger partial charge in [0.25, 0.3) is 0 Å². The van der Waals surface area contributed by atoms with Gasteiger partial charge in [-0.15, -0.1) is 0 Å². The van der Waals surface area contributed by atoms with Gasteiger partial charge in [0.15, 0.2) is 0 Å². The standard InChI is InChI=1S/C47H81N11O18/c1-22(2)19-30(53-43(71)33-12-10-18-58(33)46(74)32(21-59)55-45(73)37(26(7)61)56-39(67)27(49)13-15-34(62)63)42(70)57-36(25(6)60)44(72)50-24(5)38(66)51-29(14-16-35(64)65)41(69)52-28(11-8-9-17-48)40(68)54-31(47(75)76)20-23(3)4/h22-33,36-37,59-61H,8-21,48-49H2,1-7H3,(H,50,72)(H,51,66)(H,52,69)(H,53,71)(H,54,68)(H,55,73)(H,56,67)(H,57,70)(H,62,63)(H,64,65)(H,75,76)/t24-,25+,26+,27-,28-,29-,30-,31-,32-,33-,36-,37-/m0/s1. The molecule has 0 saturated carbocycles. The van der Waals surface area contributed by atoms with Gasteiger partial charge in [0.2, 0.25) is 53.2 Å². The number of aliphatic carboxylic acids is 3. The molecule has 76 heavy (non-hydrogen) atoms. The molecular formula is C47H81N11O18. The molecule has 1 aliphatic rings. The molecule has 1 heterocycles. The number of carboxylic acids is 3. The fraction of sp³-hybridized carbons (Fsp3) is 0.745. The molecular weight excluding hydrogens is 1010 g/mol. The van der Waals surface area contributed by atoms with E-state index in [1.165, 1.54) is 6.92 Å². The van der Waals surface area contributed by atoms with E-state index in [0.717, 1.165) is 18.7 Å². The number of carbonyl (C=O) groups excluding carboxylic acids is 9. The molecule has 0 aromatic rings. The molecule has 0 bridgehead atoms. The Hall–Kier alpha value is -6.56. The van der Waals surface area contributed by atoms with E-state index >= 15 is 0 Å². The number of aliphatic hydroxyl groups excluding tert-OH is 3. The number of amides is 9. The molecule has 1 aliphatic heterocycles. The van der Waals surface area contributed by atoms with Crippen LogP contribution in [-0.2, 0) is 57.5 Å². The summed E-state index contributed by atoms with van der Waals surface area (Å²) < 4.78 is 0. The number of aliphatic hydroxyl groups is 3. The smallest absolute Gasteiger partial charge is 0.326 e. The van der Waals surface area contributed by atoms with Crippen LogP contribution in [0.4, 0.5) is 0 Å². The van der Waals surface area contributed by atoms with Crippen molar-refractivity contribution in [2.45, 2.75) is 192 Å². The van der Waals surface area contributed by atoms with Gasteiger partial charge in [-0.05, 0) is 96.9 Å². The Labute approximate surface area is 440 Å². The lowest BCUT2D eigenvalue weighted by molar-refractivity contribution is -0.144. The third-order valence-electron chi connectivity index (χ3n) is 12.0. The highest BCUT2D eigenvalue weighted by atomic mass is 16.4. The van der Waals surface area contributed by atoms with Crippen LogP contribution in [0.25, 0.3) is 0 Å². The van der Waals surface area contributed by atoms with Crippen molar-refractivity contribution in [3.8, 4) is 0 Å². The van der Waals surface area contributed by atoms with Gasteiger partial charge in [0, 0.05) is 19.4 Å². The lowest BCUT2D eigenvalue weighted by Gasteiger charge is -2.31. The van der Waals surface area contributed by atoms with E-state index in [4.69, 9.17) is 16.6 Å². The second-order valence-corrected chi connectivity index (χ2v) is 19.7. The highest BCUT2D eigenvalue weighted by Gasteiger charge is 2.41. The van der Waals surface area contributed by atoms with Crippen molar-refractivity contribution < 1.29 is 88.2 Å². The quantitative estimate of drug-likeness (QED) is 0.0264. The Morgan fingerprint density at radius 1 is 0.539 bits per heavy atom. The Balaban J connectivity index is 3.23. The van der Waals surface area contributed by atoms with E-state index in [0.29, 0.717) is 12.8 Å². The summed E-state index contributed by atoms with van der Waals surface area (Å²) in [5.74, 6) is -13.1. The van der Waals surface area contributed by atoms with Crippen LogP contribution in [0.1, 0.15) is 119 Å². The van der Waals surface area contributed by atoms with Gasteiger partial charge < -0.3 is 89.5 Å². The zero-order valence-corrected chi connectivity index (χ0v) is 44.2. The molecule has 432 valence electrons. The summed E-state index contributed by atoms with van der Waals surface area (Å²) in [6.45, 7) is 9.59. The average molecular weight is 1090 g/mol. The molecule has 0 aromatic carbocycles. The van der Waals surface area contributed by atoms with E-state index in [-0.39, 0.29) is 63.5 Å². The van der Waals surface area contributed by atoms with Crippen LogP contribution in [-0.4, -0.2) is 199 Å². The third kappa shape index (κ3) is 23.5. The van der Waals surface area contributed by atoms with Crippen molar-refractivity contribution in [3.05, 3.63) is 0 Å². The van der Waals surface area contributed by atoms with Gasteiger partial charge in [-0.1, -0.05) is 27.7 Å². The Bertz CT molecular complexity index is 2020. The molecule has 9 amide bonds. The van der Waals surface area contributed by atoms with Crippen molar-refractivity contribution in [1.29, 1.82) is 0 Å². The second kappa shape index (κ2) is 33.5. The predicted octanol–water partition coefficient (Wildman–Crippen LogP) is -5.01. The zero-order chi connectivity index (χ0) is 58.1. The number of nitrogens with zero attached hydrogens (tertiary/aromatic N) is 1. The number of unbranched alkanes of at least 4 members (excludes halogenated alkanes) is 1. The van der Waals surface area contributed by atoms with Gasteiger partial charge in [-0.2, -0.15) is 0 Å². The highest BCUT2D eigenvalue weighted by Crippen LogP contribution is 2.20. The monoisotopic (exact) mass is 1090 g/mol. The van der Waals surface area contributed by atoms with Crippen molar-refractivity contribution in [2.24, 2.45) is 23.3 Å². The zero-order valence-electron chi connectivity index (χ0n) is 44.2. The minimum absolute atomic E-state index is 0.00333. The molecule has 1 rings (SSSR count). The van der Waals surface area contributed by atoms with Crippen molar-refractivity contribution in [3.63, 3.8) is 0 Å². The SMILES string of the molecule is CC(C)C[C@H](NC(=O)[C@H](CCCCN)NC(=O)[C@H](CCC(=O)O)NC(=O)[C@H](C)NC(=O)[C@@H](NC(=O)[C@H](CC(C)C)NC(=O)[C@@H]1CCCN1C(=O)[C@H](CO)NC(=O)[C@@H](NC(=O)[C@@H](N)CCC(=O)O)[C@@H](C)O)[C@@H](C)O)C(=O)O.